The van der Waals surface area contributed by atoms with Crippen LogP contribution in [0.1, 0.15) is 23.4 Å². The number of ether oxygens (including phenoxy) is 1. The van der Waals surface area contributed by atoms with Gasteiger partial charge in [0, 0.05) is 62.8 Å². The standard InChI is InChI=1S/C17H25N3O3S/c1-12-15(24-11-18-12)8-19-6-13-7-20(14-2-4-23-5-3-14)10-17(13,9-19)16(21)22/h11,13-14H,2-10H2,1H3,(H,21,22)/t13-,17-/m0/s1. The highest BCUT2D eigenvalue weighted by atomic mass is 32.1. The van der Waals surface area contributed by atoms with Gasteiger partial charge in [0.25, 0.3) is 0 Å². The van der Waals surface area contributed by atoms with Gasteiger partial charge in [-0.1, -0.05) is 0 Å². The van der Waals surface area contributed by atoms with Gasteiger partial charge in [-0.25, -0.2) is 4.98 Å². The van der Waals surface area contributed by atoms with Crippen molar-refractivity contribution in [1.29, 1.82) is 0 Å². The molecule has 4 heterocycles. The smallest absolute Gasteiger partial charge is 0.312 e. The van der Waals surface area contributed by atoms with Crippen LogP contribution in [0.15, 0.2) is 5.51 Å². The van der Waals surface area contributed by atoms with Gasteiger partial charge in [0.15, 0.2) is 0 Å². The van der Waals surface area contributed by atoms with Crippen molar-refractivity contribution in [1.82, 2.24) is 14.8 Å². The zero-order valence-corrected chi connectivity index (χ0v) is 14.9. The van der Waals surface area contributed by atoms with E-state index in [0.29, 0.717) is 19.1 Å². The summed E-state index contributed by atoms with van der Waals surface area (Å²) in [6.07, 6.45) is 2.07. The number of hydrogen-bond acceptors (Lipinski definition) is 6. The Hall–Kier alpha value is -1.02. The number of nitrogens with zero attached hydrogens (tertiary/aromatic N) is 3. The van der Waals surface area contributed by atoms with E-state index in [0.717, 1.165) is 51.4 Å². The molecule has 1 aromatic rings. The van der Waals surface area contributed by atoms with Gasteiger partial charge in [0.05, 0.1) is 16.6 Å². The monoisotopic (exact) mass is 351 g/mol. The second kappa shape index (κ2) is 6.37. The Morgan fingerprint density at radius 3 is 2.83 bits per heavy atom. The fourth-order valence-corrected chi connectivity index (χ4v) is 5.46. The molecule has 3 saturated heterocycles. The van der Waals surface area contributed by atoms with Gasteiger partial charge in [-0.05, 0) is 19.8 Å². The summed E-state index contributed by atoms with van der Waals surface area (Å²) in [7, 11) is 0. The van der Waals surface area contributed by atoms with Crippen LogP contribution in [-0.4, -0.2) is 71.3 Å². The number of aryl methyl sites for hydroxylation is 1. The van der Waals surface area contributed by atoms with E-state index in [9.17, 15) is 9.90 Å². The van der Waals surface area contributed by atoms with E-state index in [-0.39, 0.29) is 5.92 Å². The molecular weight excluding hydrogens is 326 g/mol. The lowest BCUT2D eigenvalue weighted by atomic mass is 9.81. The summed E-state index contributed by atoms with van der Waals surface area (Å²) in [5, 5.41) is 10.0. The first-order valence-electron chi connectivity index (χ1n) is 8.75. The highest BCUT2D eigenvalue weighted by Gasteiger charge is 2.58. The van der Waals surface area contributed by atoms with Crippen molar-refractivity contribution in [2.45, 2.75) is 32.4 Å². The van der Waals surface area contributed by atoms with Gasteiger partial charge < -0.3 is 9.84 Å². The number of hydrogen-bond donors (Lipinski definition) is 1. The van der Waals surface area contributed by atoms with Gasteiger partial charge in [-0.3, -0.25) is 14.6 Å². The first-order valence-corrected chi connectivity index (χ1v) is 9.63. The van der Waals surface area contributed by atoms with Crippen LogP contribution in [0.4, 0.5) is 0 Å². The lowest BCUT2D eigenvalue weighted by Gasteiger charge is -2.33. The zero-order chi connectivity index (χ0) is 16.7. The molecule has 6 nitrogen and oxygen atoms in total. The number of rotatable bonds is 4. The van der Waals surface area contributed by atoms with Gasteiger partial charge >= 0.3 is 5.97 Å². The molecular formula is C17H25N3O3S. The third kappa shape index (κ3) is 2.77. The third-order valence-electron chi connectivity index (χ3n) is 6.05. The maximum atomic E-state index is 12.2. The van der Waals surface area contributed by atoms with Gasteiger partial charge in [0.2, 0.25) is 0 Å². The molecule has 132 valence electrons. The second-order valence-corrected chi connectivity index (χ2v) is 8.40. The van der Waals surface area contributed by atoms with E-state index in [4.69, 9.17) is 4.74 Å². The number of carboxylic acid groups (broad SMARTS) is 1. The Morgan fingerprint density at radius 2 is 2.21 bits per heavy atom. The number of thiazole rings is 1. The molecule has 4 rings (SSSR count). The van der Waals surface area contributed by atoms with Crippen molar-refractivity contribution in [2.75, 3.05) is 39.4 Å². The van der Waals surface area contributed by atoms with Crippen LogP contribution in [0.5, 0.6) is 0 Å². The third-order valence-corrected chi connectivity index (χ3v) is 6.97. The summed E-state index contributed by atoms with van der Waals surface area (Å²) in [6.45, 7) is 7.62. The fourth-order valence-electron chi connectivity index (χ4n) is 4.64. The summed E-state index contributed by atoms with van der Waals surface area (Å²) >= 11 is 1.67. The average molecular weight is 351 g/mol. The number of aliphatic carboxylic acids is 1. The number of aromatic nitrogens is 1. The van der Waals surface area contributed by atoms with Crippen molar-refractivity contribution < 1.29 is 14.6 Å². The Bertz CT molecular complexity index is 616. The maximum absolute atomic E-state index is 12.2. The van der Waals surface area contributed by atoms with Crippen LogP contribution < -0.4 is 0 Å². The molecule has 3 fully saturated rings. The molecule has 0 amide bonds. The van der Waals surface area contributed by atoms with Gasteiger partial charge in [-0.2, -0.15) is 0 Å². The average Bonchev–Trinajstić information content (AvgIpc) is 3.22. The minimum atomic E-state index is -0.620. The molecule has 0 bridgehead atoms. The molecule has 1 N–H and O–H groups in total. The zero-order valence-electron chi connectivity index (χ0n) is 14.1. The number of fused-ring (bicyclic) bond motifs is 1. The minimum Gasteiger partial charge on any atom is -0.481 e. The predicted molar refractivity (Wildman–Crippen MR) is 91.1 cm³/mol. The quantitative estimate of drug-likeness (QED) is 0.886. The lowest BCUT2D eigenvalue weighted by molar-refractivity contribution is -0.149. The second-order valence-electron chi connectivity index (χ2n) is 7.46. The van der Waals surface area contributed by atoms with E-state index in [1.807, 2.05) is 12.4 Å². The molecule has 1 aromatic heterocycles. The van der Waals surface area contributed by atoms with Gasteiger partial charge in [-0.15, -0.1) is 11.3 Å². The van der Waals surface area contributed by atoms with Crippen LogP contribution >= 0.6 is 11.3 Å². The molecule has 7 heteroatoms. The topological polar surface area (TPSA) is 65.9 Å². The summed E-state index contributed by atoms with van der Waals surface area (Å²) < 4.78 is 5.46. The van der Waals surface area contributed by atoms with Crippen molar-refractivity contribution in [3.8, 4) is 0 Å². The van der Waals surface area contributed by atoms with E-state index >= 15 is 0 Å². The molecule has 0 radical (unpaired) electrons. The summed E-state index contributed by atoms with van der Waals surface area (Å²) in [4.78, 5) is 22.5. The molecule has 24 heavy (non-hydrogen) atoms. The van der Waals surface area contributed by atoms with Crippen LogP contribution in [0.2, 0.25) is 0 Å². The Labute approximate surface area is 146 Å². The van der Waals surface area contributed by atoms with Crippen LogP contribution in [0, 0.1) is 18.3 Å². The van der Waals surface area contributed by atoms with Crippen LogP contribution in [-0.2, 0) is 16.1 Å². The van der Waals surface area contributed by atoms with E-state index in [1.54, 1.807) is 11.3 Å². The molecule has 3 aliphatic rings. The van der Waals surface area contributed by atoms with Crippen molar-refractivity contribution >= 4 is 17.3 Å². The Kier molecular flexibility index (Phi) is 4.36. The molecule has 3 aliphatic heterocycles. The SMILES string of the molecule is Cc1ncsc1CN1C[C@H]2CN(C3CCOCC3)C[C@@]2(C(=O)O)C1. The maximum Gasteiger partial charge on any atom is 0.312 e. The normalized spacial score (nSPS) is 32.3. The van der Waals surface area contributed by atoms with Crippen LogP contribution in [0.25, 0.3) is 0 Å². The molecule has 0 unspecified atom stereocenters. The van der Waals surface area contributed by atoms with Gasteiger partial charge in [0.1, 0.15) is 0 Å². The molecule has 2 atom stereocenters. The lowest BCUT2D eigenvalue weighted by Crippen LogP contribution is -2.44. The number of likely N-dealkylation sites (tertiary alicyclic amines) is 2. The highest BCUT2D eigenvalue weighted by molar-refractivity contribution is 7.09. The first-order chi connectivity index (χ1) is 11.6. The summed E-state index contributed by atoms with van der Waals surface area (Å²) in [5.74, 6) is -0.392. The predicted octanol–water partition coefficient (Wildman–Crippen LogP) is 1.45. The fraction of sp³-hybridized carbons (Fsp3) is 0.765. The Morgan fingerprint density at radius 1 is 1.42 bits per heavy atom. The molecule has 0 aromatic carbocycles. The number of carboxylic acids is 1. The van der Waals surface area contributed by atoms with Crippen LogP contribution in [0.3, 0.4) is 0 Å². The molecule has 0 saturated carbocycles. The molecule has 0 aliphatic carbocycles. The minimum absolute atomic E-state index is 0.228. The van der Waals surface area contributed by atoms with E-state index in [1.165, 1.54) is 4.88 Å². The van der Waals surface area contributed by atoms with Crippen molar-refractivity contribution in [2.24, 2.45) is 11.3 Å². The van der Waals surface area contributed by atoms with E-state index < -0.39 is 11.4 Å². The van der Waals surface area contributed by atoms with Crippen molar-refractivity contribution in [3.05, 3.63) is 16.1 Å². The summed E-state index contributed by atoms with van der Waals surface area (Å²) in [5.41, 5.74) is 2.35. The first kappa shape index (κ1) is 16.4. The summed E-state index contributed by atoms with van der Waals surface area (Å²) in [6, 6.07) is 0.498. The highest BCUT2D eigenvalue weighted by Crippen LogP contribution is 2.44. The largest absolute Gasteiger partial charge is 0.481 e. The van der Waals surface area contributed by atoms with E-state index in [2.05, 4.69) is 14.8 Å². The Balaban J connectivity index is 1.47. The number of carbonyl (C=O) groups is 1. The van der Waals surface area contributed by atoms with Crippen molar-refractivity contribution in [3.63, 3.8) is 0 Å². The molecule has 0 spiro atoms.